The lowest BCUT2D eigenvalue weighted by molar-refractivity contribution is -0.0191. The highest BCUT2D eigenvalue weighted by Crippen LogP contribution is 2.36. The first-order valence-corrected chi connectivity index (χ1v) is 7.10. The maximum absolute atomic E-state index is 6.01. The first-order valence-electron chi connectivity index (χ1n) is 5.27. The van der Waals surface area contributed by atoms with Gasteiger partial charge in [-0.1, -0.05) is 44.0 Å². The molecule has 0 aromatic carbocycles. The zero-order valence-corrected chi connectivity index (χ0v) is 13.9. The monoisotopic (exact) mass is 388 g/mol. The molecule has 1 rings (SSSR count). The van der Waals surface area contributed by atoms with Crippen molar-refractivity contribution < 1.29 is 4.74 Å². The Hall–Kier alpha value is 0.350. The van der Waals surface area contributed by atoms with Gasteiger partial charge in [-0.3, -0.25) is 0 Å². The molecule has 1 aromatic rings. The molecule has 0 aliphatic rings. The normalized spacial score (nSPS) is 13.8. The van der Waals surface area contributed by atoms with Crippen LogP contribution in [0.15, 0.2) is 0 Å². The van der Waals surface area contributed by atoms with Gasteiger partial charge in [0.15, 0.2) is 5.82 Å². The van der Waals surface area contributed by atoms with Crippen LogP contribution in [-0.4, -0.2) is 16.6 Å². The Morgan fingerprint density at radius 1 is 1.24 bits per heavy atom. The number of hydrogen-bond acceptors (Lipinski definition) is 3. The van der Waals surface area contributed by atoms with E-state index in [9.17, 15) is 0 Å². The molecule has 0 fully saturated rings. The molecule has 0 spiro atoms. The number of ether oxygens (including phenoxy) is 1. The van der Waals surface area contributed by atoms with Gasteiger partial charge in [-0.2, -0.15) is 0 Å². The molecule has 17 heavy (non-hydrogen) atoms. The van der Waals surface area contributed by atoms with E-state index < -0.39 is 0 Å². The van der Waals surface area contributed by atoms with Crippen molar-refractivity contribution in [2.75, 3.05) is 6.61 Å². The number of halogens is 3. The summed E-state index contributed by atoms with van der Waals surface area (Å²) in [4.78, 5) is 8.51. The molecular weight excluding hydrogens is 374 g/mol. The summed E-state index contributed by atoms with van der Waals surface area (Å²) in [6, 6.07) is 0. The second-order valence-electron chi connectivity index (χ2n) is 4.68. The Labute approximate surface area is 125 Å². The van der Waals surface area contributed by atoms with Gasteiger partial charge in [0.1, 0.15) is 16.4 Å². The van der Waals surface area contributed by atoms with E-state index >= 15 is 0 Å². The van der Waals surface area contributed by atoms with Crippen molar-refractivity contribution in [3.63, 3.8) is 0 Å². The van der Waals surface area contributed by atoms with E-state index in [1.54, 1.807) is 0 Å². The molecule has 0 radical (unpaired) electrons. The van der Waals surface area contributed by atoms with Crippen LogP contribution in [0, 0.1) is 8.99 Å². The summed E-state index contributed by atoms with van der Waals surface area (Å²) in [6.07, 6.45) is -0.223. The number of nitrogens with zero attached hydrogens (tertiary/aromatic N) is 2. The lowest BCUT2D eigenvalue weighted by atomic mass is 9.88. The molecule has 0 aliphatic heterocycles. The summed E-state index contributed by atoms with van der Waals surface area (Å²) in [7, 11) is 0. The summed E-state index contributed by atoms with van der Waals surface area (Å²) in [5.74, 6) is 0.537. The van der Waals surface area contributed by atoms with Crippen LogP contribution < -0.4 is 0 Å². The average Bonchev–Trinajstić information content (AvgIpc) is 2.20. The van der Waals surface area contributed by atoms with Gasteiger partial charge in [-0.25, -0.2) is 9.97 Å². The minimum absolute atomic E-state index is 0.116. The Balaban J connectivity index is 3.20. The second kappa shape index (κ2) is 5.99. The Morgan fingerprint density at radius 3 is 2.06 bits per heavy atom. The van der Waals surface area contributed by atoms with Crippen molar-refractivity contribution in [1.29, 1.82) is 0 Å². The van der Waals surface area contributed by atoms with Gasteiger partial charge < -0.3 is 4.74 Å². The van der Waals surface area contributed by atoms with Crippen molar-refractivity contribution in [2.24, 2.45) is 5.41 Å². The van der Waals surface area contributed by atoms with E-state index in [1.807, 2.05) is 29.5 Å². The zero-order chi connectivity index (χ0) is 13.2. The summed E-state index contributed by atoms with van der Waals surface area (Å²) in [6.45, 7) is 8.73. The highest BCUT2D eigenvalue weighted by molar-refractivity contribution is 14.1. The average molecular weight is 389 g/mol. The van der Waals surface area contributed by atoms with Crippen LogP contribution in [0.25, 0.3) is 0 Å². The molecule has 1 unspecified atom stereocenters. The summed E-state index contributed by atoms with van der Waals surface area (Å²) >= 11 is 14.1. The standard InChI is InChI=1S/C11H15Cl2IN2O/c1-5-17-7(11(2,3)4)10-15-8(12)6(14)9(13)16-10/h7H,5H2,1-4H3. The fourth-order valence-corrected chi connectivity index (χ4v) is 2.05. The highest BCUT2D eigenvalue weighted by atomic mass is 127. The molecule has 0 bridgehead atoms. The largest absolute Gasteiger partial charge is 0.370 e. The second-order valence-corrected chi connectivity index (χ2v) is 6.47. The van der Waals surface area contributed by atoms with E-state index in [0.717, 1.165) is 0 Å². The summed E-state index contributed by atoms with van der Waals surface area (Å²) in [5, 5.41) is 0.740. The fraction of sp³-hybridized carbons (Fsp3) is 0.636. The molecule has 0 amide bonds. The van der Waals surface area contributed by atoms with Crippen LogP contribution in [0.5, 0.6) is 0 Å². The summed E-state index contributed by atoms with van der Waals surface area (Å²) < 4.78 is 6.36. The highest BCUT2D eigenvalue weighted by Gasteiger charge is 2.30. The minimum Gasteiger partial charge on any atom is -0.370 e. The molecule has 1 aromatic heterocycles. The third kappa shape index (κ3) is 3.91. The van der Waals surface area contributed by atoms with Crippen LogP contribution >= 0.6 is 45.8 Å². The SMILES string of the molecule is CCOC(c1nc(Cl)c(I)c(Cl)n1)C(C)(C)C. The molecule has 0 saturated heterocycles. The van der Waals surface area contributed by atoms with Gasteiger partial charge in [-0.15, -0.1) is 0 Å². The predicted molar refractivity (Wildman–Crippen MR) is 78.6 cm³/mol. The van der Waals surface area contributed by atoms with Crippen LogP contribution in [0.3, 0.4) is 0 Å². The van der Waals surface area contributed by atoms with Crippen molar-refractivity contribution >= 4 is 45.8 Å². The van der Waals surface area contributed by atoms with Gasteiger partial charge >= 0.3 is 0 Å². The van der Waals surface area contributed by atoms with Gasteiger partial charge in [0.05, 0.1) is 3.57 Å². The smallest absolute Gasteiger partial charge is 0.161 e. The maximum atomic E-state index is 6.01. The Kier molecular flexibility index (Phi) is 5.43. The number of aromatic nitrogens is 2. The van der Waals surface area contributed by atoms with E-state index in [4.69, 9.17) is 27.9 Å². The van der Waals surface area contributed by atoms with Gasteiger partial charge in [0.2, 0.25) is 0 Å². The lowest BCUT2D eigenvalue weighted by Gasteiger charge is -2.29. The van der Waals surface area contributed by atoms with Crippen molar-refractivity contribution in [1.82, 2.24) is 9.97 Å². The molecule has 6 heteroatoms. The molecule has 96 valence electrons. The lowest BCUT2D eigenvalue weighted by Crippen LogP contribution is -2.24. The molecule has 3 nitrogen and oxygen atoms in total. The van der Waals surface area contributed by atoms with E-state index in [0.29, 0.717) is 26.3 Å². The third-order valence-corrected chi connectivity index (χ3v) is 4.35. The van der Waals surface area contributed by atoms with Crippen molar-refractivity contribution in [2.45, 2.75) is 33.8 Å². The van der Waals surface area contributed by atoms with Crippen LogP contribution in [-0.2, 0) is 4.74 Å². The first-order chi connectivity index (χ1) is 7.77. The van der Waals surface area contributed by atoms with Crippen LogP contribution in [0.4, 0.5) is 0 Å². The zero-order valence-electron chi connectivity index (χ0n) is 10.2. The van der Waals surface area contributed by atoms with Crippen LogP contribution in [0.1, 0.15) is 39.6 Å². The van der Waals surface area contributed by atoms with Crippen molar-refractivity contribution in [3.05, 3.63) is 19.7 Å². The molecule has 0 N–H and O–H groups in total. The molecular formula is C11H15Cl2IN2O. The Morgan fingerprint density at radius 2 is 1.71 bits per heavy atom. The first kappa shape index (κ1) is 15.4. The van der Waals surface area contributed by atoms with Gasteiger partial charge in [0.25, 0.3) is 0 Å². The minimum atomic E-state index is -0.223. The third-order valence-electron chi connectivity index (χ3n) is 2.14. The van der Waals surface area contributed by atoms with E-state index in [2.05, 4.69) is 30.7 Å². The fourth-order valence-electron chi connectivity index (χ4n) is 1.41. The molecule has 0 aliphatic carbocycles. The maximum Gasteiger partial charge on any atom is 0.161 e. The number of hydrogen-bond donors (Lipinski definition) is 0. The van der Waals surface area contributed by atoms with Gasteiger partial charge in [-0.05, 0) is 34.9 Å². The molecule has 0 saturated carbocycles. The Bertz CT molecular complexity index is 384. The van der Waals surface area contributed by atoms with E-state index in [1.165, 1.54) is 0 Å². The quantitative estimate of drug-likeness (QED) is 0.564. The molecule has 1 heterocycles. The molecule has 1 atom stereocenters. The van der Waals surface area contributed by atoms with Crippen LogP contribution in [0.2, 0.25) is 10.3 Å². The topological polar surface area (TPSA) is 35.0 Å². The van der Waals surface area contributed by atoms with Gasteiger partial charge in [0, 0.05) is 6.61 Å². The number of rotatable bonds is 3. The summed E-state index contributed by atoms with van der Waals surface area (Å²) in [5.41, 5.74) is -0.116. The predicted octanol–water partition coefficient (Wildman–Crippen LogP) is 4.51. The van der Waals surface area contributed by atoms with E-state index in [-0.39, 0.29) is 11.5 Å². The van der Waals surface area contributed by atoms with Crippen molar-refractivity contribution in [3.8, 4) is 0 Å².